The Kier molecular flexibility index (Phi) is 9.79. The van der Waals surface area contributed by atoms with Crippen molar-refractivity contribution in [2.24, 2.45) is 10.2 Å². The monoisotopic (exact) mass is 624 g/mol. The number of imidazole rings is 2. The molecule has 0 aliphatic rings. The van der Waals surface area contributed by atoms with E-state index in [9.17, 15) is 0 Å². The summed E-state index contributed by atoms with van der Waals surface area (Å²) >= 11 is 0. The van der Waals surface area contributed by atoms with Gasteiger partial charge < -0.3 is 14.7 Å². The zero-order valence-corrected chi connectivity index (χ0v) is 26.5. The molecule has 0 fully saturated rings. The van der Waals surface area contributed by atoms with Gasteiger partial charge in [-0.15, -0.1) is 0 Å². The van der Waals surface area contributed by atoms with Crippen LogP contribution >= 0.6 is 0 Å². The third-order valence-corrected chi connectivity index (χ3v) is 8.35. The van der Waals surface area contributed by atoms with Gasteiger partial charge in [0, 0.05) is 35.8 Å². The number of hydrogen-bond donors (Lipinski definition) is 2. The van der Waals surface area contributed by atoms with Crippen LogP contribution in [0.25, 0.3) is 43.0 Å². The fraction of sp³-hybridized carbons (Fsp3) is 0.278. The Balaban J connectivity index is 1.43. The number of benzene rings is 4. The summed E-state index contributed by atoms with van der Waals surface area (Å²) in [5.41, 5.74) is 27.3. The molecule has 11 heteroatoms. The molecule has 0 bridgehead atoms. The minimum Gasteiger partial charge on any atom is -0.356 e. The highest BCUT2D eigenvalue weighted by molar-refractivity contribution is 5.77. The molecule has 47 heavy (non-hydrogen) atoms. The lowest BCUT2D eigenvalue weighted by molar-refractivity contribution is 0.0309. The van der Waals surface area contributed by atoms with Gasteiger partial charge >= 0.3 is 0 Å². The van der Waals surface area contributed by atoms with Gasteiger partial charge in [0.2, 0.25) is 0 Å². The number of rotatable bonds is 14. The van der Waals surface area contributed by atoms with Crippen molar-refractivity contribution in [3.05, 3.63) is 151 Å². The molecular formula is C36H36N10O. The van der Waals surface area contributed by atoms with Crippen LogP contribution in [0.1, 0.15) is 71.1 Å². The van der Waals surface area contributed by atoms with E-state index in [0.717, 1.165) is 79.9 Å². The number of aromatic amines is 2. The second-order valence-electron chi connectivity index (χ2n) is 11.4. The smallest absolute Gasteiger partial charge is 0.109 e. The highest BCUT2D eigenvalue weighted by Crippen LogP contribution is 2.38. The van der Waals surface area contributed by atoms with Gasteiger partial charge in [0.25, 0.3) is 0 Å². The van der Waals surface area contributed by atoms with Gasteiger partial charge in [-0.05, 0) is 81.6 Å². The molecule has 6 aromatic rings. The predicted molar refractivity (Wildman–Crippen MR) is 184 cm³/mol. The van der Waals surface area contributed by atoms with Gasteiger partial charge in [-0.1, -0.05) is 84.7 Å². The minimum absolute atomic E-state index is 0.404. The second kappa shape index (κ2) is 14.7. The number of nitrogens with zero attached hydrogens (tertiary/aromatic N) is 8. The summed E-state index contributed by atoms with van der Waals surface area (Å²) in [5.74, 6) is 1.88. The summed E-state index contributed by atoms with van der Waals surface area (Å²) in [6, 6.07) is 29.1. The van der Waals surface area contributed by atoms with Crippen LogP contribution in [0.3, 0.4) is 0 Å². The fourth-order valence-corrected chi connectivity index (χ4v) is 5.81. The molecule has 2 N–H and O–H groups in total. The highest BCUT2D eigenvalue weighted by atomic mass is 16.5. The third-order valence-electron chi connectivity index (χ3n) is 8.35. The number of fused-ring (bicyclic) bond motifs is 2. The minimum atomic E-state index is -0.428. The van der Waals surface area contributed by atoms with Crippen molar-refractivity contribution in [2.45, 2.75) is 51.7 Å². The van der Waals surface area contributed by atoms with Crippen molar-refractivity contribution in [3.8, 4) is 0 Å². The number of hydrogen-bond acceptors (Lipinski definition) is 5. The van der Waals surface area contributed by atoms with Crippen molar-refractivity contribution in [1.82, 2.24) is 19.9 Å². The number of H-pyrrole nitrogens is 2. The summed E-state index contributed by atoms with van der Waals surface area (Å²) < 4.78 is 7.23. The maximum Gasteiger partial charge on any atom is 0.109 e. The van der Waals surface area contributed by atoms with Gasteiger partial charge in [-0.2, -0.15) is 0 Å². The first-order chi connectivity index (χ1) is 23.1. The van der Waals surface area contributed by atoms with Crippen LogP contribution in [0.2, 0.25) is 0 Å². The lowest BCUT2D eigenvalue weighted by atomic mass is 9.96. The Bertz CT molecular complexity index is 1920. The molecule has 0 aliphatic carbocycles. The van der Waals surface area contributed by atoms with Gasteiger partial charge in [0.1, 0.15) is 23.9 Å². The molecule has 2 heterocycles. The Morgan fingerprint density at radius 2 is 1.02 bits per heavy atom. The Hall–Kier alpha value is -5.60. The maximum atomic E-state index is 8.70. The molecule has 0 amide bonds. The third kappa shape index (κ3) is 7.29. The molecule has 0 radical (unpaired) electrons. The Labute approximate surface area is 272 Å². The van der Waals surface area contributed by atoms with E-state index in [1.165, 1.54) is 0 Å². The zero-order chi connectivity index (χ0) is 32.6. The fourth-order valence-electron chi connectivity index (χ4n) is 5.81. The summed E-state index contributed by atoms with van der Waals surface area (Å²) in [6.45, 7) is 4.98. The van der Waals surface area contributed by atoms with Crippen LogP contribution in [-0.2, 0) is 30.4 Å². The van der Waals surface area contributed by atoms with Gasteiger partial charge in [-0.25, -0.2) is 9.97 Å². The van der Waals surface area contributed by atoms with Gasteiger partial charge in [-0.3, -0.25) is 0 Å². The maximum absolute atomic E-state index is 8.70. The molecule has 0 saturated carbocycles. The summed E-state index contributed by atoms with van der Waals surface area (Å²) in [7, 11) is 0. The van der Waals surface area contributed by atoms with Crippen molar-refractivity contribution < 1.29 is 4.74 Å². The molecule has 2 unspecified atom stereocenters. The average molecular weight is 625 g/mol. The second-order valence-corrected chi connectivity index (χ2v) is 11.4. The number of nitrogens with one attached hydrogen (secondary N) is 2. The van der Waals surface area contributed by atoms with E-state index < -0.39 is 12.2 Å². The SMILES string of the molecule is CCc1nc2cc(C(OC(c3ccc(CCN=[N+]=[N-])cc3)c3ccc4[nH]c(CC)nc4c3)c3ccc(CCN=[N+]=[N-])cc3)ccc2[nH]1. The number of ether oxygens (including phenoxy) is 1. The van der Waals surface area contributed by atoms with Gasteiger partial charge in [0.15, 0.2) is 0 Å². The molecule has 0 aliphatic heterocycles. The summed E-state index contributed by atoms with van der Waals surface area (Å²) in [4.78, 5) is 22.2. The topological polar surface area (TPSA) is 164 Å². The van der Waals surface area contributed by atoms with Crippen LogP contribution in [-0.4, -0.2) is 33.0 Å². The first-order valence-corrected chi connectivity index (χ1v) is 15.9. The molecule has 4 aromatic carbocycles. The predicted octanol–water partition coefficient (Wildman–Crippen LogP) is 9.17. The van der Waals surface area contributed by atoms with Crippen molar-refractivity contribution in [1.29, 1.82) is 0 Å². The van der Waals surface area contributed by atoms with E-state index in [1.807, 2.05) is 0 Å². The molecule has 2 atom stereocenters. The number of aromatic nitrogens is 4. The first kappa shape index (κ1) is 31.4. The lowest BCUT2D eigenvalue weighted by Crippen LogP contribution is -2.14. The van der Waals surface area contributed by atoms with Crippen LogP contribution in [0, 0.1) is 0 Å². The molecule has 0 saturated heterocycles. The van der Waals surface area contributed by atoms with E-state index in [0.29, 0.717) is 25.9 Å². The Morgan fingerprint density at radius 1 is 0.617 bits per heavy atom. The normalized spacial score (nSPS) is 12.5. The van der Waals surface area contributed by atoms with E-state index in [2.05, 4.69) is 129 Å². The largest absolute Gasteiger partial charge is 0.356 e. The molecule has 236 valence electrons. The highest BCUT2D eigenvalue weighted by Gasteiger charge is 2.25. The molecule has 6 rings (SSSR count). The van der Waals surface area contributed by atoms with Crippen LogP contribution in [0.5, 0.6) is 0 Å². The zero-order valence-electron chi connectivity index (χ0n) is 26.5. The average Bonchev–Trinajstić information content (AvgIpc) is 3.73. The summed E-state index contributed by atoms with van der Waals surface area (Å²) in [5, 5.41) is 7.38. The van der Waals surface area contributed by atoms with Crippen molar-refractivity contribution >= 4 is 22.1 Å². The molecule has 2 aromatic heterocycles. The van der Waals surface area contributed by atoms with Crippen LogP contribution in [0.4, 0.5) is 0 Å². The number of aryl methyl sites for hydroxylation is 2. The Morgan fingerprint density at radius 3 is 1.40 bits per heavy atom. The molecule has 0 spiro atoms. The van der Waals surface area contributed by atoms with E-state index in [-0.39, 0.29) is 0 Å². The van der Waals surface area contributed by atoms with E-state index >= 15 is 0 Å². The first-order valence-electron chi connectivity index (χ1n) is 15.9. The lowest BCUT2D eigenvalue weighted by Gasteiger charge is -2.27. The van der Waals surface area contributed by atoms with Crippen molar-refractivity contribution in [2.75, 3.05) is 13.1 Å². The quantitative estimate of drug-likeness (QED) is 0.0702. The molecular weight excluding hydrogens is 588 g/mol. The van der Waals surface area contributed by atoms with Gasteiger partial charge in [0.05, 0.1) is 22.1 Å². The van der Waals surface area contributed by atoms with Crippen molar-refractivity contribution in [3.63, 3.8) is 0 Å². The van der Waals surface area contributed by atoms with Crippen LogP contribution in [0.15, 0.2) is 95.2 Å². The summed E-state index contributed by atoms with van der Waals surface area (Å²) in [6.07, 6.45) is 2.10. The van der Waals surface area contributed by atoms with E-state index in [1.54, 1.807) is 0 Å². The van der Waals surface area contributed by atoms with Crippen LogP contribution < -0.4 is 0 Å². The molecule has 11 nitrogen and oxygen atoms in total. The standard InChI is InChI=1S/C36H36N10O/c1-3-33-41-29-15-13-27(21-31(29)43-33)35(25-9-5-23(6-10-25)17-19-39-45-37)47-36(26-11-7-24(8-12-26)18-20-40-46-38)28-14-16-30-32(22-28)44-34(4-2)42-30/h5-16,21-22,35-36H,3-4,17-20H2,1-2H3,(H,41,43)(H,42,44). The number of azide groups is 2. The van der Waals surface area contributed by atoms with E-state index in [4.69, 9.17) is 25.8 Å².